The Kier molecular flexibility index (Phi) is 3.74. The number of hydrogen-bond donors (Lipinski definition) is 1. The molecule has 1 heterocycles. The second-order valence-corrected chi connectivity index (χ2v) is 3.70. The summed E-state index contributed by atoms with van der Waals surface area (Å²) in [5, 5.41) is 11.4. The number of carbonyl (C=O) groups is 1. The lowest BCUT2D eigenvalue weighted by atomic mass is 10.2. The second kappa shape index (κ2) is 5.65. The summed E-state index contributed by atoms with van der Waals surface area (Å²) in [6, 6.07) is 11.9. The predicted octanol–water partition coefficient (Wildman–Crippen LogP) is 2.21. The molecule has 0 saturated carbocycles. The molecule has 0 aliphatic rings. The Labute approximate surface area is 110 Å². The molecule has 5 nitrogen and oxygen atoms in total. The van der Waals surface area contributed by atoms with Crippen LogP contribution in [-0.2, 0) is 0 Å². The number of hydrogen-bond acceptors (Lipinski definition) is 4. The number of amides is 1. The minimum absolute atomic E-state index is 0.272. The highest BCUT2D eigenvalue weighted by atomic mass is 16.5. The van der Waals surface area contributed by atoms with E-state index >= 15 is 0 Å². The minimum Gasteiger partial charge on any atom is -0.480 e. The number of aromatic nitrogens is 1. The van der Waals surface area contributed by atoms with Gasteiger partial charge in [0.25, 0.3) is 5.91 Å². The molecule has 0 unspecified atom stereocenters. The zero-order chi connectivity index (χ0) is 13.7. The molecule has 1 aromatic heterocycles. The van der Waals surface area contributed by atoms with Crippen LogP contribution in [0, 0.1) is 11.3 Å². The van der Waals surface area contributed by atoms with Crippen molar-refractivity contribution < 1.29 is 9.53 Å². The van der Waals surface area contributed by atoms with Gasteiger partial charge in [-0.2, -0.15) is 5.26 Å². The Balaban J connectivity index is 2.18. The van der Waals surface area contributed by atoms with Crippen LogP contribution in [0.5, 0.6) is 5.88 Å². The van der Waals surface area contributed by atoms with Gasteiger partial charge >= 0.3 is 0 Å². The Bertz CT molecular complexity index is 630. The number of carbonyl (C=O) groups excluding carboxylic acids is 1. The van der Waals surface area contributed by atoms with Crippen LogP contribution >= 0.6 is 0 Å². The normalized spacial score (nSPS) is 9.47. The van der Waals surface area contributed by atoms with E-state index in [1.54, 1.807) is 42.6 Å². The van der Waals surface area contributed by atoms with Crippen molar-refractivity contribution in [2.45, 2.75) is 0 Å². The number of rotatable bonds is 3. The maximum atomic E-state index is 12.1. The van der Waals surface area contributed by atoms with Gasteiger partial charge < -0.3 is 10.1 Å². The van der Waals surface area contributed by atoms with Crippen molar-refractivity contribution in [1.29, 1.82) is 5.26 Å². The number of anilines is 1. The number of methoxy groups -OCH3 is 1. The van der Waals surface area contributed by atoms with Crippen LogP contribution in [0.15, 0.2) is 42.6 Å². The van der Waals surface area contributed by atoms with E-state index in [2.05, 4.69) is 10.3 Å². The fourth-order valence-corrected chi connectivity index (χ4v) is 1.55. The van der Waals surface area contributed by atoms with Crippen LogP contribution in [0.2, 0.25) is 0 Å². The molecule has 5 heteroatoms. The van der Waals surface area contributed by atoms with E-state index in [-0.39, 0.29) is 11.8 Å². The molecule has 0 aliphatic carbocycles. The molecule has 0 atom stereocenters. The Morgan fingerprint density at radius 2 is 2.05 bits per heavy atom. The summed E-state index contributed by atoms with van der Waals surface area (Å²) in [6.07, 6.45) is 1.55. The van der Waals surface area contributed by atoms with Gasteiger partial charge in [0.15, 0.2) is 0 Å². The average molecular weight is 253 g/mol. The van der Waals surface area contributed by atoms with E-state index in [1.165, 1.54) is 7.11 Å². The summed E-state index contributed by atoms with van der Waals surface area (Å²) in [6.45, 7) is 0. The molecule has 0 spiro atoms. The van der Waals surface area contributed by atoms with E-state index in [0.29, 0.717) is 16.8 Å². The summed E-state index contributed by atoms with van der Waals surface area (Å²) in [5.74, 6) is -0.0386. The molecule has 1 N–H and O–H groups in total. The average Bonchev–Trinajstić information content (AvgIpc) is 2.48. The van der Waals surface area contributed by atoms with Gasteiger partial charge in [0.1, 0.15) is 5.56 Å². The van der Waals surface area contributed by atoms with Gasteiger partial charge in [-0.1, -0.05) is 0 Å². The lowest BCUT2D eigenvalue weighted by molar-refractivity contribution is 0.102. The van der Waals surface area contributed by atoms with Crippen LogP contribution in [0.3, 0.4) is 0 Å². The van der Waals surface area contributed by atoms with Crippen molar-refractivity contribution in [3.05, 3.63) is 53.7 Å². The summed E-state index contributed by atoms with van der Waals surface area (Å²) in [7, 11) is 1.46. The van der Waals surface area contributed by atoms with Crippen molar-refractivity contribution >= 4 is 11.6 Å². The second-order valence-electron chi connectivity index (χ2n) is 3.70. The van der Waals surface area contributed by atoms with Crippen molar-refractivity contribution in [3.63, 3.8) is 0 Å². The van der Waals surface area contributed by atoms with Crippen LogP contribution in [-0.4, -0.2) is 18.0 Å². The molecular weight excluding hydrogens is 242 g/mol. The van der Waals surface area contributed by atoms with E-state index in [0.717, 1.165) is 0 Å². The SMILES string of the molecule is COc1ncccc1C(=O)Nc1ccc(C#N)cc1. The molecule has 19 heavy (non-hydrogen) atoms. The Hall–Kier alpha value is -2.87. The molecule has 0 bridgehead atoms. The van der Waals surface area contributed by atoms with Gasteiger partial charge in [0, 0.05) is 11.9 Å². The van der Waals surface area contributed by atoms with E-state index in [1.807, 2.05) is 6.07 Å². The largest absolute Gasteiger partial charge is 0.480 e. The topological polar surface area (TPSA) is 75.0 Å². The number of nitriles is 1. The first kappa shape index (κ1) is 12.6. The highest BCUT2D eigenvalue weighted by Crippen LogP contribution is 2.16. The molecule has 94 valence electrons. The number of ether oxygens (including phenoxy) is 1. The number of benzene rings is 1. The van der Waals surface area contributed by atoms with E-state index < -0.39 is 0 Å². The highest BCUT2D eigenvalue weighted by Gasteiger charge is 2.12. The van der Waals surface area contributed by atoms with Gasteiger partial charge in [-0.3, -0.25) is 4.79 Å². The van der Waals surface area contributed by atoms with Crippen LogP contribution in [0.4, 0.5) is 5.69 Å². The Morgan fingerprint density at radius 3 is 2.68 bits per heavy atom. The predicted molar refractivity (Wildman–Crippen MR) is 69.9 cm³/mol. The first-order valence-electron chi connectivity index (χ1n) is 5.55. The molecule has 0 saturated heterocycles. The number of nitrogens with one attached hydrogen (secondary N) is 1. The van der Waals surface area contributed by atoms with Crippen molar-refractivity contribution in [3.8, 4) is 11.9 Å². The zero-order valence-electron chi connectivity index (χ0n) is 10.3. The quantitative estimate of drug-likeness (QED) is 0.910. The minimum atomic E-state index is -0.311. The summed E-state index contributed by atoms with van der Waals surface area (Å²) >= 11 is 0. The fraction of sp³-hybridized carbons (Fsp3) is 0.0714. The third-order valence-electron chi connectivity index (χ3n) is 2.48. The maximum absolute atomic E-state index is 12.1. The van der Waals surface area contributed by atoms with Crippen molar-refractivity contribution in [1.82, 2.24) is 4.98 Å². The molecule has 1 aromatic carbocycles. The van der Waals surface area contributed by atoms with Gasteiger partial charge in [0.2, 0.25) is 5.88 Å². The van der Waals surface area contributed by atoms with Crippen LogP contribution < -0.4 is 10.1 Å². The first-order chi connectivity index (χ1) is 9.24. The van der Waals surface area contributed by atoms with Gasteiger partial charge in [-0.05, 0) is 36.4 Å². The zero-order valence-corrected chi connectivity index (χ0v) is 10.3. The summed E-state index contributed by atoms with van der Waals surface area (Å²) in [5.41, 5.74) is 1.50. The molecular formula is C14H11N3O2. The standard InChI is InChI=1S/C14H11N3O2/c1-19-14-12(3-2-8-16-14)13(18)17-11-6-4-10(9-15)5-7-11/h2-8H,1H3,(H,17,18). The molecule has 0 fully saturated rings. The maximum Gasteiger partial charge on any atom is 0.261 e. The lowest BCUT2D eigenvalue weighted by Crippen LogP contribution is -2.13. The first-order valence-corrected chi connectivity index (χ1v) is 5.55. The van der Waals surface area contributed by atoms with E-state index in [9.17, 15) is 4.79 Å². The van der Waals surface area contributed by atoms with Crippen molar-refractivity contribution in [2.24, 2.45) is 0 Å². The van der Waals surface area contributed by atoms with Gasteiger partial charge in [-0.15, -0.1) is 0 Å². The third-order valence-corrected chi connectivity index (χ3v) is 2.48. The number of pyridine rings is 1. The molecule has 0 radical (unpaired) electrons. The smallest absolute Gasteiger partial charge is 0.261 e. The lowest BCUT2D eigenvalue weighted by Gasteiger charge is -2.08. The molecule has 0 aliphatic heterocycles. The van der Waals surface area contributed by atoms with E-state index in [4.69, 9.17) is 10.00 Å². The monoisotopic (exact) mass is 253 g/mol. The fourth-order valence-electron chi connectivity index (χ4n) is 1.55. The van der Waals surface area contributed by atoms with Gasteiger partial charge in [0.05, 0.1) is 18.7 Å². The summed E-state index contributed by atoms with van der Waals surface area (Å²) in [4.78, 5) is 16.0. The summed E-state index contributed by atoms with van der Waals surface area (Å²) < 4.78 is 5.03. The van der Waals surface area contributed by atoms with Gasteiger partial charge in [-0.25, -0.2) is 4.98 Å². The van der Waals surface area contributed by atoms with Crippen molar-refractivity contribution in [2.75, 3.05) is 12.4 Å². The Morgan fingerprint density at radius 1 is 1.32 bits per heavy atom. The van der Waals surface area contributed by atoms with Crippen LogP contribution in [0.25, 0.3) is 0 Å². The number of nitrogens with zero attached hydrogens (tertiary/aromatic N) is 2. The molecule has 2 aromatic rings. The molecule has 1 amide bonds. The third kappa shape index (κ3) is 2.87. The molecule has 2 rings (SSSR count). The highest BCUT2D eigenvalue weighted by molar-refractivity contribution is 6.05. The van der Waals surface area contributed by atoms with Crippen LogP contribution in [0.1, 0.15) is 15.9 Å².